The second-order valence-corrected chi connectivity index (χ2v) is 6.44. The van der Waals surface area contributed by atoms with Crippen molar-refractivity contribution in [3.63, 3.8) is 0 Å². The van der Waals surface area contributed by atoms with Crippen LogP contribution in [0.5, 0.6) is 0 Å². The molecule has 2 amide bonds. The molecule has 1 atom stereocenters. The number of carbonyl (C=O) groups is 2. The van der Waals surface area contributed by atoms with Crippen LogP contribution in [0, 0.1) is 11.3 Å². The molecule has 1 saturated carbocycles. The van der Waals surface area contributed by atoms with Gasteiger partial charge in [-0.25, -0.2) is 0 Å². The van der Waals surface area contributed by atoms with Crippen LogP contribution in [0.4, 0.5) is 0 Å². The summed E-state index contributed by atoms with van der Waals surface area (Å²) in [5.74, 6) is -0.288. The van der Waals surface area contributed by atoms with Crippen molar-refractivity contribution in [2.75, 3.05) is 6.54 Å². The van der Waals surface area contributed by atoms with Gasteiger partial charge in [0.1, 0.15) is 6.04 Å². The van der Waals surface area contributed by atoms with Crippen molar-refractivity contribution in [3.8, 4) is 6.07 Å². The predicted octanol–water partition coefficient (Wildman–Crippen LogP) is 1.23. The second-order valence-electron chi connectivity index (χ2n) is 6.44. The summed E-state index contributed by atoms with van der Waals surface area (Å²) < 4.78 is 1.70. The van der Waals surface area contributed by atoms with Gasteiger partial charge in [-0.1, -0.05) is 6.07 Å². The molecule has 1 aromatic heterocycles. The summed E-state index contributed by atoms with van der Waals surface area (Å²) in [4.78, 5) is 27.1. The van der Waals surface area contributed by atoms with E-state index in [2.05, 4.69) is 10.4 Å². The number of hydrogen-bond acceptors (Lipinski definition) is 4. The number of carbonyl (C=O) groups excluding carboxylic acids is 2. The molecule has 1 fully saturated rings. The van der Waals surface area contributed by atoms with Crippen LogP contribution in [0.2, 0.25) is 0 Å². The van der Waals surface area contributed by atoms with E-state index in [9.17, 15) is 9.59 Å². The summed E-state index contributed by atoms with van der Waals surface area (Å²) in [6.45, 7) is 0.658. The lowest BCUT2D eigenvalue weighted by Gasteiger charge is -2.33. The number of fused-ring (bicyclic) bond motifs is 1. The molecule has 2 aliphatic rings. The largest absolute Gasteiger partial charge is 0.351 e. The number of nitriles is 1. The molecule has 25 heavy (non-hydrogen) atoms. The second kappa shape index (κ2) is 6.06. The van der Waals surface area contributed by atoms with E-state index in [1.165, 1.54) is 0 Å². The Kier molecular flexibility index (Phi) is 3.73. The molecular formula is C18H17N5O2. The molecule has 0 saturated heterocycles. The monoisotopic (exact) mass is 335 g/mol. The molecule has 0 spiro atoms. The van der Waals surface area contributed by atoms with E-state index in [-0.39, 0.29) is 24.4 Å². The minimum absolute atomic E-state index is 0.101. The minimum atomic E-state index is -0.526. The zero-order valence-corrected chi connectivity index (χ0v) is 13.6. The van der Waals surface area contributed by atoms with E-state index in [0.29, 0.717) is 17.7 Å². The van der Waals surface area contributed by atoms with Gasteiger partial charge >= 0.3 is 0 Å². The highest BCUT2D eigenvalue weighted by Crippen LogP contribution is 2.25. The zero-order chi connectivity index (χ0) is 17.4. The van der Waals surface area contributed by atoms with Crippen molar-refractivity contribution in [2.45, 2.75) is 31.5 Å². The summed E-state index contributed by atoms with van der Waals surface area (Å²) >= 11 is 0. The summed E-state index contributed by atoms with van der Waals surface area (Å²) in [5.41, 5.74) is 1.72. The minimum Gasteiger partial charge on any atom is -0.351 e. The molecule has 4 rings (SSSR count). The zero-order valence-electron chi connectivity index (χ0n) is 13.6. The van der Waals surface area contributed by atoms with Crippen LogP contribution in [0.25, 0.3) is 0 Å². The van der Waals surface area contributed by atoms with Gasteiger partial charge in [0.25, 0.3) is 5.91 Å². The van der Waals surface area contributed by atoms with Crippen LogP contribution in [0.1, 0.15) is 40.5 Å². The molecule has 2 aromatic rings. The molecule has 1 N–H and O–H groups in total. The quantitative estimate of drug-likeness (QED) is 0.913. The van der Waals surface area contributed by atoms with E-state index in [1.54, 1.807) is 40.0 Å². The van der Waals surface area contributed by atoms with Crippen LogP contribution in [0.3, 0.4) is 0 Å². The highest BCUT2D eigenvalue weighted by molar-refractivity contribution is 5.95. The van der Waals surface area contributed by atoms with E-state index in [0.717, 1.165) is 18.5 Å². The number of rotatable bonds is 3. The normalized spacial score (nSPS) is 19.0. The standard InChI is InChI=1S/C18H17N5O2/c19-9-12-2-1-3-13(8-12)18(25)22-10-15-6-7-20-23(15)16(11-22)17(24)21-14-4-5-14/h1-3,6-8,14,16H,4-5,10-11H2,(H,21,24)/t16-/m1/s1. The predicted molar refractivity (Wildman–Crippen MR) is 88.3 cm³/mol. The number of nitrogens with zero attached hydrogens (tertiary/aromatic N) is 4. The molecule has 0 unspecified atom stereocenters. The average Bonchev–Trinajstić information content (AvgIpc) is 3.32. The fraction of sp³-hybridized carbons (Fsp3) is 0.333. The molecule has 1 aliphatic heterocycles. The first-order chi connectivity index (χ1) is 12.2. The first-order valence-corrected chi connectivity index (χ1v) is 8.28. The first-order valence-electron chi connectivity index (χ1n) is 8.28. The van der Waals surface area contributed by atoms with E-state index < -0.39 is 6.04 Å². The number of benzene rings is 1. The maximum atomic E-state index is 12.9. The van der Waals surface area contributed by atoms with Crippen molar-refractivity contribution in [2.24, 2.45) is 0 Å². The number of amides is 2. The lowest BCUT2D eigenvalue weighted by molar-refractivity contribution is -0.125. The lowest BCUT2D eigenvalue weighted by atomic mass is 10.1. The van der Waals surface area contributed by atoms with Crippen LogP contribution in [-0.4, -0.2) is 39.1 Å². The van der Waals surface area contributed by atoms with Crippen LogP contribution in [-0.2, 0) is 11.3 Å². The van der Waals surface area contributed by atoms with Gasteiger partial charge < -0.3 is 10.2 Å². The summed E-state index contributed by atoms with van der Waals surface area (Å²) in [5, 5.41) is 16.3. The third-order valence-corrected chi connectivity index (χ3v) is 4.55. The molecule has 126 valence electrons. The number of aromatic nitrogens is 2. The molecule has 1 aromatic carbocycles. The van der Waals surface area contributed by atoms with Crippen LogP contribution >= 0.6 is 0 Å². The van der Waals surface area contributed by atoms with Gasteiger partial charge in [-0.15, -0.1) is 0 Å². The average molecular weight is 335 g/mol. The first kappa shape index (κ1) is 15.4. The SMILES string of the molecule is N#Cc1cccc(C(=O)N2Cc3ccnn3[C@@H](C(=O)NC3CC3)C2)c1. The third-order valence-electron chi connectivity index (χ3n) is 4.55. The molecule has 0 radical (unpaired) electrons. The highest BCUT2D eigenvalue weighted by Gasteiger charge is 2.35. The van der Waals surface area contributed by atoms with Crippen molar-refractivity contribution in [3.05, 3.63) is 53.3 Å². The van der Waals surface area contributed by atoms with Crippen LogP contribution < -0.4 is 5.32 Å². The Labute approximate surface area is 144 Å². The molecule has 7 heteroatoms. The van der Waals surface area contributed by atoms with Crippen molar-refractivity contribution in [1.29, 1.82) is 5.26 Å². The molecule has 1 aliphatic carbocycles. The van der Waals surface area contributed by atoms with Crippen molar-refractivity contribution in [1.82, 2.24) is 20.0 Å². The summed E-state index contributed by atoms with van der Waals surface area (Å²) in [6.07, 6.45) is 3.67. The fourth-order valence-electron chi connectivity index (χ4n) is 3.07. The van der Waals surface area contributed by atoms with E-state index in [4.69, 9.17) is 5.26 Å². The van der Waals surface area contributed by atoms with Crippen LogP contribution in [0.15, 0.2) is 36.5 Å². The van der Waals surface area contributed by atoms with Gasteiger partial charge in [0.2, 0.25) is 5.91 Å². The fourth-order valence-corrected chi connectivity index (χ4v) is 3.07. The molecule has 2 heterocycles. The Bertz CT molecular complexity index is 878. The highest BCUT2D eigenvalue weighted by atomic mass is 16.2. The maximum Gasteiger partial charge on any atom is 0.254 e. The molecular weight excluding hydrogens is 318 g/mol. The number of nitrogens with one attached hydrogen (secondary N) is 1. The summed E-state index contributed by atoms with van der Waals surface area (Å²) in [6, 6.07) is 10.2. The Morgan fingerprint density at radius 2 is 2.12 bits per heavy atom. The van der Waals surface area contributed by atoms with Gasteiger partial charge in [0.15, 0.2) is 0 Å². The smallest absolute Gasteiger partial charge is 0.254 e. The molecule has 7 nitrogen and oxygen atoms in total. The maximum absolute atomic E-state index is 12.9. The lowest BCUT2D eigenvalue weighted by Crippen LogP contribution is -2.47. The topological polar surface area (TPSA) is 91.0 Å². The Hall–Kier alpha value is -3.14. The van der Waals surface area contributed by atoms with E-state index >= 15 is 0 Å². The van der Waals surface area contributed by atoms with Crippen molar-refractivity contribution >= 4 is 11.8 Å². The molecule has 0 bridgehead atoms. The van der Waals surface area contributed by atoms with E-state index in [1.807, 2.05) is 12.1 Å². The summed E-state index contributed by atoms with van der Waals surface area (Å²) in [7, 11) is 0. The van der Waals surface area contributed by atoms with Gasteiger partial charge in [0, 0.05) is 17.8 Å². The Balaban J connectivity index is 1.59. The van der Waals surface area contributed by atoms with Crippen molar-refractivity contribution < 1.29 is 9.59 Å². The number of hydrogen-bond donors (Lipinski definition) is 1. The van der Waals surface area contributed by atoms with Gasteiger partial charge in [-0.3, -0.25) is 14.3 Å². The third kappa shape index (κ3) is 2.98. The van der Waals surface area contributed by atoms with Gasteiger partial charge in [-0.2, -0.15) is 10.4 Å². The Morgan fingerprint density at radius 3 is 2.88 bits per heavy atom. The van der Waals surface area contributed by atoms with Gasteiger partial charge in [-0.05, 0) is 37.1 Å². The van der Waals surface area contributed by atoms with Gasteiger partial charge in [0.05, 0.1) is 30.4 Å². The Morgan fingerprint density at radius 1 is 1.28 bits per heavy atom.